The van der Waals surface area contributed by atoms with Crippen LogP contribution in [0.5, 0.6) is 17.2 Å². The van der Waals surface area contributed by atoms with E-state index in [-0.39, 0.29) is 0 Å². The molecule has 0 aliphatic heterocycles. The Kier molecular flexibility index (Phi) is 4.85. The first-order chi connectivity index (χ1) is 9.83. The number of rotatable bonds is 6. The van der Waals surface area contributed by atoms with E-state index in [2.05, 4.69) is 11.4 Å². The number of nitriles is 1. The molecule has 0 aliphatic carbocycles. The normalized spacial score (nSPS) is 9.60. The highest BCUT2D eigenvalue weighted by molar-refractivity contribution is 5.60. The molecule has 0 radical (unpaired) electrons. The zero-order valence-corrected chi connectivity index (χ0v) is 11.3. The number of anilines is 1. The van der Waals surface area contributed by atoms with Gasteiger partial charge in [0.25, 0.3) is 0 Å². The van der Waals surface area contributed by atoms with Crippen molar-refractivity contribution < 1.29 is 9.47 Å². The molecular weight excluding hydrogens is 252 g/mol. The average molecular weight is 268 g/mol. The lowest BCUT2D eigenvalue weighted by Gasteiger charge is -2.12. The quantitative estimate of drug-likeness (QED) is 0.809. The zero-order valence-electron chi connectivity index (χ0n) is 11.3. The van der Waals surface area contributed by atoms with Gasteiger partial charge < -0.3 is 14.8 Å². The second-order valence-electron chi connectivity index (χ2n) is 4.11. The van der Waals surface area contributed by atoms with E-state index >= 15 is 0 Å². The summed E-state index contributed by atoms with van der Waals surface area (Å²) in [6, 6.07) is 17.2. The number of methoxy groups -OCH3 is 1. The number of benzene rings is 2. The summed E-state index contributed by atoms with van der Waals surface area (Å²) in [6.45, 7) is 0.571. The van der Waals surface area contributed by atoms with Crippen molar-refractivity contribution in [1.82, 2.24) is 0 Å². The first-order valence-electron chi connectivity index (χ1n) is 6.35. The van der Waals surface area contributed by atoms with Gasteiger partial charge in [-0.05, 0) is 24.3 Å². The minimum absolute atomic E-state index is 0.437. The van der Waals surface area contributed by atoms with E-state index in [1.807, 2.05) is 48.5 Å². The molecular formula is C16H16N2O2. The summed E-state index contributed by atoms with van der Waals surface area (Å²) in [5.41, 5.74) is 0.816. The molecule has 0 amide bonds. The SMILES string of the molecule is COc1ccc(Oc2ccccc2)cc1NCCC#N. The number of nitrogens with zero attached hydrogens (tertiary/aromatic N) is 1. The van der Waals surface area contributed by atoms with Gasteiger partial charge in [0, 0.05) is 12.6 Å². The average Bonchev–Trinajstić information content (AvgIpc) is 2.49. The van der Waals surface area contributed by atoms with Crippen LogP contribution in [0.15, 0.2) is 48.5 Å². The van der Waals surface area contributed by atoms with Crippen molar-refractivity contribution in [2.24, 2.45) is 0 Å². The Balaban J connectivity index is 2.14. The Labute approximate surface area is 118 Å². The van der Waals surface area contributed by atoms with Gasteiger partial charge in [-0.3, -0.25) is 0 Å². The van der Waals surface area contributed by atoms with Gasteiger partial charge in [0.1, 0.15) is 17.2 Å². The third-order valence-electron chi connectivity index (χ3n) is 2.70. The molecule has 0 atom stereocenters. The first-order valence-corrected chi connectivity index (χ1v) is 6.35. The number of hydrogen-bond acceptors (Lipinski definition) is 4. The standard InChI is InChI=1S/C16H16N2O2/c1-19-16-9-8-14(12-15(16)18-11-5-10-17)20-13-6-3-2-4-7-13/h2-4,6-9,12,18H,5,11H2,1H3. The van der Waals surface area contributed by atoms with Crippen LogP contribution in [0.4, 0.5) is 5.69 Å². The van der Waals surface area contributed by atoms with Crippen molar-refractivity contribution in [3.8, 4) is 23.3 Å². The van der Waals surface area contributed by atoms with Gasteiger partial charge in [0.15, 0.2) is 0 Å². The van der Waals surface area contributed by atoms with E-state index in [1.54, 1.807) is 7.11 Å². The maximum atomic E-state index is 8.57. The fourth-order valence-corrected chi connectivity index (χ4v) is 1.77. The van der Waals surface area contributed by atoms with Crippen LogP contribution in [0.25, 0.3) is 0 Å². The fourth-order valence-electron chi connectivity index (χ4n) is 1.77. The van der Waals surface area contributed by atoms with Crippen molar-refractivity contribution in [2.45, 2.75) is 6.42 Å². The second kappa shape index (κ2) is 7.05. The topological polar surface area (TPSA) is 54.3 Å². The van der Waals surface area contributed by atoms with Crippen molar-refractivity contribution in [1.29, 1.82) is 5.26 Å². The largest absolute Gasteiger partial charge is 0.495 e. The van der Waals surface area contributed by atoms with Crippen LogP contribution in [0, 0.1) is 11.3 Å². The summed E-state index contributed by atoms with van der Waals surface area (Å²) in [6.07, 6.45) is 0.437. The Hall–Kier alpha value is -2.67. The molecule has 4 nitrogen and oxygen atoms in total. The number of nitrogens with one attached hydrogen (secondary N) is 1. The van der Waals surface area contributed by atoms with Gasteiger partial charge >= 0.3 is 0 Å². The maximum Gasteiger partial charge on any atom is 0.142 e. The van der Waals surface area contributed by atoms with E-state index in [1.165, 1.54) is 0 Å². The van der Waals surface area contributed by atoms with E-state index < -0.39 is 0 Å². The summed E-state index contributed by atoms with van der Waals surface area (Å²) >= 11 is 0. The molecule has 2 aromatic rings. The van der Waals surface area contributed by atoms with Gasteiger partial charge in [-0.2, -0.15) is 5.26 Å². The monoisotopic (exact) mass is 268 g/mol. The number of hydrogen-bond donors (Lipinski definition) is 1. The number of ether oxygens (including phenoxy) is 2. The molecule has 0 unspecified atom stereocenters. The highest BCUT2D eigenvalue weighted by atomic mass is 16.5. The minimum Gasteiger partial charge on any atom is -0.495 e. The molecule has 0 aliphatic rings. The molecule has 0 spiro atoms. The van der Waals surface area contributed by atoms with E-state index in [0.29, 0.717) is 13.0 Å². The van der Waals surface area contributed by atoms with Crippen LogP contribution < -0.4 is 14.8 Å². The maximum absolute atomic E-state index is 8.57. The second-order valence-corrected chi connectivity index (χ2v) is 4.11. The molecule has 0 heterocycles. The van der Waals surface area contributed by atoms with Gasteiger partial charge in [-0.25, -0.2) is 0 Å². The number of para-hydroxylation sites is 1. The lowest BCUT2D eigenvalue weighted by atomic mass is 10.2. The molecule has 20 heavy (non-hydrogen) atoms. The Morgan fingerprint density at radius 1 is 1.10 bits per heavy atom. The summed E-state index contributed by atoms with van der Waals surface area (Å²) < 4.78 is 11.0. The molecule has 102 valence electrons. The lowest BCUT2D eigenvalue weighted by Crippen LogP contribution is -2.02. The van der Waals surface area contributed by atoms with Crippen molar-refractivity contribution in [3.63, 3.8) is 0 Å². The predicted molar refractivity (Wildman–Crippen MR) is 78.2 cm³/mol. The molecule has 0 saturated heterocycles. The van der Waals surface area contributed by atoms with E-state index in [0.717, 1.165) is 22.9 Å². The molecule has 0 bridgehead atoms. The molecule has 0 aromatic heterocycles. The van der Waals surface area contributed by atoms with Crippen molar-refractivity contribution in [2.75, 3.05) is 19.0 Å². The Morgan fingerprint density at radius 3 is 2.60 bits per heavy atom. The third-order valence-corrected chi connectivity index (χ3v) is 2.70. The molecule has 2 rings (SSSR count). The Bertz CT molecular complexity index is 591. The smallest absolute Gasteiger partial charge is 0.142 e. The minimum atomic E-state index is 0.437. The molecule has 1 N–H and O–H groups in total. The van der Waals surface area contributed by atoms with Gasteiger partial charge in [-0.15, -0.1) is 0 Å². The zero-order chi connectivity index (χ0) is 14.2. The van der Waals surface area contributed by atoms with Crippen LogP contribution >= 0.6 is 0 Å². The van der Waals surface area contributed by atoms with Crippen LogP contribution in [0.1, 0.15) is 6.42 Å². The van der Waals surface area contributed by atoms with Gasteiger partial charge in [0.2, 0.25) is 0 Å². The predicted octanol–water partition coefficient (Wildman–Crippen LogP) is 3.81. The lowest BCUT2D eigenvalue weighted by molar-refractivity contribution is 0.414. The van der Waals surface area contributed by atoms with E-state index in [4.69, 9.17) is 14.7 Å². The fraction of sp³-hybridized carbons (Fsp3) is 0.188. The third kappa shape index (κ3) is 3.66. The summed E-state index contributed by atoms with van der Waals surface area (Å²) in [7, 11) is 1.61. The molecule has 0 fully saturated rings. The van der Waals surface area contributed by atoms with Crippen molar-refractivity contribution >= 4 is 5.69 Å². The van der Waals surface area contributed by atoms with E-state index in [9.17, 15) is 0 Å². The first kappa shape index (κ1) is 13.8. The van der Waals surface area contributed by atoms with Gasteiger partial charge in [0.05, 0.1) is 25.3 Å². The van der Waals surface area contributed by atoms with Gasteiger partial charge in [-0.1, -0.05) is 18.2 Å². The molecule has 4 heteroatoms. The molecule has 2 aromatic carbocycles. The summed E-state index contributed by atoms with van der Waals surface area (Å²) in [4.78, 5) is 0. The summed E-state index contributed by atoms with van der Waals surface area (Å²) in [5.74, 6) is 2.22. The van der Waals surface area contributed by atoms with Crippen LogP contribution in [0.2, 0.25) is 0 Å². The van der Waals surface area contributed by atoms with Crippen molar-refractivity contribution in [3.05, 3.63) is 48.5 Å². The summed E-state index contributed by atoms with van der Waals surface area (Å²) in [5, 5.41) is 11.7. The van der Waals surface area contributed by atoms with Crippen LogP contribution in [0.3, 0.4) is 0 Å². The highest BCUT2D eigenvalue weighted by Gasteiger charge is 2.05. The Morgan fingerprint density at radius 2 is 1.90 bits per heavy atom. The van der Waals surface area contributed by atoms with Crippen LogP contribution in [-0.4, -0.2) is 13.7 Å². The molecule has 0 saturated carbocycles. The highest BCUT2D eigenvalue weighted by Crippen LogP contribution is 2.31. The van der Waals surface area contributed by atoms with Crippen LogP contribution in [-0.2, 0) is 0 Å².